The van der Waals surface area contributed by atoms with Crippen molar-refractivity contribution >= 4 is 41.2 Å². The summed E-state index contributed by atoms with van der Waals surface area (Å²) in [6, 6.07) is 21.1. The molecule has 0 aliphatic carbocycles. The quantitative estimate of drug-likeness (QED) is 0.305. The van der Waals surface area contributed by atoms with Crippen molar-refractivity contribution in [2.75, 3.05) is 0 Å². The van der Waals surface area contributed by atoms with Gasteiger partial charge in [-0.2, -0.15) is 0 Å². The van der Waals surface area contributed by atoms with Crippen LogP contribution in [-0.2, 0) is 12.3 Å². The van der Waals surface area contributed by atoms with Crippen molar-refractivity contribution in [1.82, 2.24) is 15.1 Å². The summed E-state index contributed by atoms with van der Waals surface area (Å²) in [6.07, 6.45) is 1.59. The zero-order valence-electron chi connectivity index (χ0n) is 15.3. The van der Waals surface area contributed by atoms with Crippen molar-refractivity contribution < 1.29 is 9.21 Å². The minimum atomic E-state index is -0.128. The first-order valence-corrected chi connectivity index (χ1v) is 11.1. The summed E-state index contributed by atoms with van der Waals surface area (Å²) in [7, 11) is 0. The number of thioether (sulfide) groups is 1. The van der Waals surface area contributed by atoms with Crippen LogP contribution in [0, 0.1) is 3.95 Å². The van der Waals surface area contributed by atoms with Gasteiger partial charge in [-0.1, -0.05) is 53.4 Å². The third-order valence-corrected chi connectivity index (χ3v) is 6.52. The highest BCUT2D eigenvalue weighted by Gasteiger charge is 2.09. The van der Waals surface area contributed by atoms with Gasteiger partial charge in [0, 0.05) is 11.3 Å². The Morgan fingerprint density at radius 2 is 2.00 bits per heavy atom. The summed E-state index contributed by atoms with van der Waals surface area (Å²) < 4.78 is 8.63. The average Bonchev–Trinajstić information content (AvgIpc) is 3.41. The molecule has 8 heteroatoms. The molecule has 0 fully saturated rings. The predicted octanol–water partition coefficient (Wildman–Crippen LogP) is 5.48. The Labute approximate surface area is 181 Å². The molecule has 1 amide bonds. The molecule has 0 bridgehead atoms. The molecular formula is C21H17N3O2S3. The molecule has 146 valence electrons. The number of rotatable bonds is 7. The van der Waals surface area contributed by atoms with Crippen LogP contribution in [0.15, 0.2) is 81.8 Å². The molecular weight excluding hydrogens is 422 g/mol. The summed E-state index contributed by atoms with van der Waals surface area (Å²) in [4.78, 5) is 12.4. The highest BCUT2D eigenvalue weighted by molar-refractivity contribution is 8.00. The first kappa shape index (κ1) is 19.6. The van der Waals surface area contributed by atoms with Crippen molar-refractivity contribution in [2.24, 2.45) is 0 Å². The van der Waals surface area contributed by atoms with Gasteiger partial charge in [0.2, 0.25) is 0 Å². The van der Waals surface area contributed by atoms with Crippen molar-refractivity contribution in [3.8, 4) is 5.69 Å². The topological polar surface area (TPSA) is 60.1 Å². The number of furan rings is 1. The molecule has 0 spiro atoms. The van der Waals surface area contributed by atoms with E-state index in [4.69, 9.17) is 16.6 Å². The van der Waals surface area contributed by atoms with Crippen molar-refractivity contribution in [1.29, 1.82) is 0 Å². The number of benzene rings is 2. The standard InChI is InChI=1S/C21H17N3O2S3/c25-19(22-13-18-10-5-11-26-18)16-7-4-6-15(12-16)14-28-20-23-24(21(27)29-20)17-8-2-1-3-9-17/h1-12H,13-14H2,(H,22,25). The summed E-state index contributed by atoms with van der Waals surface area (Å²) >= 11 is 8.54. The minimum absolute atomic E-state index is 0.128. The Bertz CT molecular complexity index is 1150. The Kier molecular flexibility index (Phi) is 6.24. The fourth-order valence-corrected chi connectivity index (χ4v) is 4.99. The second kappa shape index (κ2) is 9.21. The van der Waals surface area contributed by atoms with Crippen LogP contribution in [0.25, 0.3) is 5.69 Å². The molecule has 0 aliphatic rings. The number of nitrogens with zero attached hydrogens (tertiary/aromatic N) is 2. The number of carbonyl (C=O) groups is 1. The molecule has 0 saturated heterocycles. The van der Waals surface area contributed by atoms with Crippen LogP contribution in [-0.4, -0.2) is 15.7 Å². The van der Waals surface area contributed by atoms with Gasteiger partial charge < -0.3 is 9.73 Å². The second-order valence-corrected chi connectivity index (χ2v) is 8.98. The van der Waals surface area contributed by atoms with Crippen LogP contribution >= 0.6 is 35.3 Å². The largest absolute Gasteiger partial charge is 0.467 e. The monoisotopic (exact) mass is 439 g/mol. The fraction of sp³-hybridized carbons (Fsp3) is 0.0952. The van der Waals surface area contributed by atoms with Gasteiger partial charge in [-0.25, -0.2) is 4.68 Å². The van der Waals surface area contributed by atoms with E-state index in [0.717, 1.165) is 21.4 Å². The van der Waals surface area contributed by atoms with Gasteiger partial charge in [-0.05, 0) is 54.2 Å². The van der Waals surface area contributed by atoms with Gasteiger partial charge in [0.1, 0.15) is 5.76 Å². The normalized spacial score (nSPS) is 10.8. The van der Waals surface area contributed by atoms with Crippen LogP contribution in [0.2, 0.25) is 0 Å². The van der Waals surface area contributed by atoms with E-state index in [0.29, 0.717) is 21.8 Å². The smallest absolute Gasteiger partial charge is 0.251 e. The van der Waals surface area contributed by atoms with E-state index >= 15 is 0 Å². The van der Waals surface area contributed by atoms with E-state index in [2.05, 4.69) is 10.4 Å². The van der Waals surface area contributed by atoms with Crippen LogP contribution < -0.4 is 5.32 Å². The van der Waals surface area contributed by atoms with Crippen LogP contribution in [0.5, 0.6) is 0 Å². The molecule has 0 atom stereocenters. The summed E-state index contributed by atoms with van der Waals surface area (Å²) in [5.74, 6) is 1.30. The molecule has 5 nitrogen and oxygen atoms in total. The van der Waals surface area contributed by atoms with E-state index in [1.54, 1.807) is 34.8 Å². The first-order valence-electron chi connectivity index (χ1n) is 8.87. The van der Waals surface area contributed by atoms with Gasteiger partial charge in [-0.15, -0.1) is 5.10 Å². The predicted molar refractivity (Wildman–Crippen MR) is 118 cm³/mol. The lowest BCUT2D eigenvalue weighted by molar-refractivity contribution is 0.0948. The third-order valence-electron chi connectivity index (χ3n) is 4.08. The number of aromatic nitrogens is 2. The molecule has 0 unspecified atom stereocenters. The number of nitrogens with one attached hydrogen (secondary N) is 1. The van der Waals surface area contributed by atoms with E-state index in [1.807, 2.05) is 54.6 Å². The van der Waals surface area contributed by atoms with Gasteiger partial charge in [0.15, 0.2) is 8.29 Å². The van der Waals surface area contributed by atoms with E-state index in [1.165, 1.54) is 11.3 Å². The van der Waals surface area contributed by atoms with E-state index < -0.39 is 0 Å². The first-order chi connectivity index (χ1) is 14.2. The molecule has 29 heavy (non-hydrogen) atoms. The van der Waals surface area contributed by atoms with Crippen LogP contribution in [0.4, 0.5) is 0 Å². The zero-order chi connectivity index (χ0) is 20.1. The highest BCUT2D eigenvalue weighted by Crippen LogP contribution is 2.27. The number of para-hydroxylation sites is 1. The van der Waals surface area contributed by atoms with E-state index in [-0.39, 0.29) is 5.91 Å². The molecule has 0 aliphatic heterocycles. The Balaban J connectivity index is 1.40. The van der Waals surface area contributed by atoms with Gasteiger partial charge in [0.05, 0.1) is 18.5 Å². The number of carbonyl (C=O) groups excluding carboxylic acids is 1. The number of amides is 1. The van der Waals surface area contributed by atoms with E-state index in [9.17, 15) is 4.79 Å². The van der Waals surface area contributed by atoms with Gasteiger partial charge in [-0.3, -0.25) is 4.79 Å². The molecule has 4 aromatic rings. The van der Waals surface area contributed by atoms with Gasteiger partial charge >= 0.3 is 0 Å². The average molecular weight is 440 g/mol. The molecule has 2 aromatic heterocycles. The third kappa shape index (κ3) is 5.03. The molecule has 0 saturated carbocycles. The lowest BCUT2D eigenvalue weighted by Gasteiger charge is -2.05. The SMILES string of the molecule is O=C(NCc1ccco1)c1cccc(CSc2nn(-c3ccccc3)c(=S)s2)c1. The molecule has 0 radical (unpaired) electrons. The second-order valence-electron chi connectivity index (χ2n) is 6.13. The summed E-state index contributed by atoms with van der Waals surface area (Å²) in [6.45, 7) is 0.366. The maximum atomic E-state index is 12.4. The molecule has 1 N–H and O–H groups in total. The Morgan fingerprint density at radius 3 is 2.79 bits per heavy atom. The van der Waals surface area contributed by atoms with Crippen molar-refractivity contribution in [3.05, 3.63) is 93.8 Å². The number of hydrogen-bond acceptors (Lipinski definition) is 6. The Hall–Kier alpha value is -2.68. The summed E-state index contributed by atoms with van der Waals surface area (Å²) in [5, 5.41) is 7.48. The van der Waals surface area contributed by atoms with Crippen molar-refractivity contribution in [3.63, 3.8) is 0 Å². The van der Waals surface area contributed by atoms with Crippen LogP contribution in [0.3, 0.4) is 0 Å². The zero-order valence-corrected chi connectivity index (χ0v) is 17.7. The Morgan fingerprint density at radius 1 is 1.14 bits per heavy atom. The maximum absolute atomic E-state index is 12.4. The molecule has 4 rings (SSSR count). The molecule has 2 aromatic carbocycles. The van der Waals surface area contributed by atoms with Crippen LogP contribution in [0.1, 0.15) is 21.7 Å². The molecule has 2 heterocycles. The highest BCUT2D eigenvalue weighted by atomic mass is 32.2. The van der Waals surface area contributed by atoms with Gasteiger partial charge in [0.25, 0.3) is 5.91 Å². The fourth-order valence-electron chi connectivity index (χ4n) is 2.68. The minimum Gasteiger partial charge on any atom is -0.467 e. The maximum Gasteiger partial charge on any atom is 0.251 e. The lowest BCUT2D eigenvalue weighted by Crippen LogP contribution is -2.22. The number of hydrogen-bond donors (Lipinski definition) is 1. The van der Waals surface area contributed by atoms with Crippen molar-refractivity contribution in [2.45, 2.75) is 16.6 Å². The summed E-state index contributed by atoms with van der Waals surface area (Å²) in [5.41, 5.74) is 2.63. The lowest BCUT2D eigenvalue weighted by atomic mass is 10.1.